The van der Waals surface area contributed by atoms with E-state index < -0.39 is 0 Å². The summed E-state index contributed by atoms with van der Waals surface area (Å²) >= 11 is 0. The van der Waals surface area contributed by atoms with Crippen LogP contribution in [0.5, 0.6) is 0 Å². The average molecular weight is 241 g/mol. The van der Waals surface area contributed by atoms with Crippen molar-refractivity contribution >= 4 is 10.9 Å². The van der Waals surface area contributed by atoms with Crippen molar-refractivity contribution in [2.75, 3.05) is 19.6 Å². The van der Waals surface area contributed by atoms with Gasteiger partial charge >= 0.3 is 0 Å². The van der Waals surface area contributed by atoms with Crippen molar-refractivity contribution in [2.45, 2.75) is 19.5 Å². The van der Waals surface area contributed by atoms with Crippen LogP contribution in [0.4, 0.5) is 0 Å². The summed E-state index contributed by atoms with van der Waals surface area (Å²) in [5.74, 6) is 0. The molecule has 1 N–H and O–H groups in total. The first kappa shape index (κ1) is 11.6. The van der Waals surface area contributed by atoms with E-state index in [1.807, 2.05) is 12.3 Å². The Kier molecular flexibility index (Phi) is 3.26. The highest BCUT2D eigenvalue weighted by Gasteiger charge is 2.23. The quantitative estimate of drug-likeness (QED) is 0.887. The highest BCUT2D eigenvalue weighted by atomic mass is 15.2. The number of hydrogen-bond acceptors (Lipinski definition) is 3. The van der Waals surface area contributed by atoms with Crippen LogP contribution in [0.2, 0.25) is 0 Å². The molecule has 0 amide bonds. The molecule has 1 fully saturated rings. The number of rotatable bonds is 4. The van der Waals surface area contributed by atoms with Crippen LogP contribution in [0.25, 0.3) is 10.9 Å². The molecule has 3 heteroatoms. The van der Waals surface area contributed by atoms with Crippen LogP contribution in [-0.2, 0) is 6.54 Å². The summed E-state index contributed by atoms with van der Waals surface area (Å²) in [6.45, 7) is 6.56. The van der Waals surface area contributed by atoms with E-state index in [-0.39, 0.29) is 0 Å². The predicted molar refractivity (Wildman–Crippen MR) is 74.5 cm³/mol. The monoisotopic (exact) mass is 241 g/mol. The van der Waals surface area contributed by atoms with E-state index in [1.165, 1.54) is 10.9 Å². The van der Waals surface area contributed by atoms with Crippen LogP contribution in [0.1, 0.15) is 12.5 Å². The molecule has 0 aliphatic carbocycles. The van der Waals surface area contributed by atoms with Gasteiger partial charge in [-0.3, -0.25) is 9.88 Å². The topological polar surface area (TPSA) is 28.2 Å². The highest BCUT2D eigenvalue weighted by molar-refractivity contribution is 5.81. The van der Waals surface area contributed by atoms with Crippen molar-refractivity contribution < 1.29 is 0 Å². The zero-order valence-electron chi connectivity index (χ0n) is 10.8. The molecule has 2 heterocycles. The van der Waals surface area contributed by atoms with Crippen molar-refractivity contribution in [3.05, 3.63) is 42.1 Å². The second kappa shape index (κ2) is 5.04. The molecule has 1 aliphatic rings. The number of benzene rings is 1. The van der Waals surface area contributed by atoms with Crippen molar-refractivity contribution in [2.24, 2.45) is 0 Å². The van der Waals surface area contributed by atoms with Gasteiger partial charge in [0.1, 0.15) is 0 Å². The van der Waals surface area contributed by atoms with E-state index in [0.29, 0.717) is 6.04 Å². The molecule has 0 spiro atoms. The van der Waals surface area contributed by atoms with Crippen molar-refractivity contribution in [3.63, 3.8) is 0 Å². The lowest BCUT2D eigenvalue weighted by molar-refractivity contribution is 0.145. The maximum atomic E-state index is 4.53. The molecule has 1 aliphatic heterocycles. The Balaban J connectivity index is 1.89. The molecule has 18 heavy (non-hydrogen) atoms. The number of para-hydroxylation sites is 1. The summed E-state index contributed by atoms with van der Waals surface area (Å²) in [7, 11) is 0. The molecular weight excluding hydrogens is 222 g/mol. The molecule has 2 aromatic rings. The first-order valence-corrected chi connectivity index (χ1v) is 6.66. The van der Waals surface area contributed by atoms with Gasteiger partial charge in [-0.1, -0.05) is 31.2 Å². The molecule has 1 saturated heterocycles. The van der Waals surface area contributed by atoms with Gasteiger partial charge in [0.2, 0.25) is 0 Å². The normalized spacial score (nSPS) is 16.1. The lowest BCUT2D eigenvalue weighted by Gasteiger charge is -2.37. The van der Waals surface area contributed by atoms with Crippen molar-refractivity contribution in [1.82, 2.24) is 15.2 Å². The summed E-state index contributed by atoms with van der Waals surface area (Å²) in [6.07, 6.45) is 1.88. The van der Waals surface area contributed by atoms with Gasteiger partial charge in [-0.2, -0.15) is 0 Å². The van der Waals surface area contributed by atoms with Crippen LogP contribution in [0.3, 0.4) is 0 Å². The SMILES string of the molecule is CCN(Cc1cccc2cccnc12)C1CNC1. The Labute approximate surface area is 108 Å². The van der Waals surface area contributed by atoms with Gasteiger partial charge < -0.3 is 5.32 Å². The Morgan fingerprint density at radius 1 is 1.28 bits per heavy atom. The number of nitrogens with one attached hydrogen (secondary N) is 1. The maximum absolute atomic E-state index is 4.53. The van der Waals surface area contributed by atoms with E-state index in [0.717, 1.165) is 31.7 Å². The lowest BCUT2D eigenvalue weighted by atomic mass is 10.1. The van der Waals surface area contributed by atoms with E-state index >= 15 is 0 Å². The molecule has 1 aromatic heterocycles. The molecule has 3 rings (SSSR count). The Bertz CT molecular complexity index is 529. The summed E-state index contributed by atoms with van der Waals surface area (Å²) in [6, 6.07) is 11.3. The zero-order valence-corrected chi connectivity index (χ0v) is 10.8. The molecular formula is C15H19N3. The van der Waals surface area contributed by atoms with E-state index in [1.54, 1.807) is 0 Å². The highest BCUT2D eigenvalue weighted by Crippen LogP contribution is 2.19. The van der Waals surface area contributed by atoms with Crippen LogP contribution >= 0.6 is 0 Å². The Morgan fingerprint density at radius 3 is 2.83 bits per heavy atom. The average Bonchev–Trinajstić information content (AvgIpc) is 2.36. The second-order valence-corrected chi connectivity index (χ2v) is 4.87. The minimum atomic E-state index is 0.689. The zero-order chi connectivity index (χ0) is 12.4. The van der Waals surface area contributed by atoms with E-state index in [4.69, 9.17) is 0 Å². The summed E-state index contributed by atoms with van der Waals surface area (Å²) in [5, 5.41) is 4.58. The van der Waals surface area contributed by atoms with Crippen LogP contribution < -0.4 is 5.32 Å². The fourth-order valence-corrected chi connectivity index (χ4v) is 2.54. The maximum Gasteiger partial charge on any atom is 0.0746 e. The third kappa shape index (κ3) is 2.11. The summed E-state index contributed by atoms with van der Waals surface area (Å²) < 4.78 is 0. The number of fused-ring (bicyclic) bond motifs is 1. The third-order valence-electron chi connectivity index (χ3n) is 3.77. The number of pyridine rings is 1. The van der Waals surface area contributed by atoms with Gasteiger partial charge in [0.25, 0.3) is 0 Å². The third-order valence-corrected chi connectivity index (χ3v) is 3.77. The van der Waals surface area contributed by atoms with Crippen LogP contribution in [0.15, 0.2) is 36.5 Å². The first-order valence-electron chi connectivity index (χ1n) is 6.66. The first-order chi connectivity index (χ1) is 8.88. The van der Waals surface area contributed by atoms with Crippen molar-refractivity contribution in [3.8, 4) is 0 Å². The smallest absolute Gasteiger partial charge is 0.0746 e. The fraction of sp³-hybridized carbons (Fsp3) is 0.400. The summed E-state index contributed by atoms with van der Waals surface area (Å²) in [5.41, 5.74) is 2.48. The van der Waals surface area contributed by atoms with Crippen molar-refractivity contribution in [1.29, 1.82) is 0 Å². The van der Waals surface area contributed by atoms with Gasteiger partial charge in [-0.15, -0.1) is 0 Å². The summed E-state index contributed by atoms with van der Waals surface area (Å²) in [4.78, 5) is 7.06. The predicted octanol–water partition coefficient (Wildman–Crippen LogP) is 2.03. The van der Waals surface area contributed by atoms with Crippen LogP contribution in [0, 0.1) is 0 Å². The number of hydrogen-bond donors (Lipinski definition) is 1. The van der Waals surface area contributed by atoms with Crippen LogP contribution in [-0.4, -0.2) is 35.6 Å². The molecule has 0 saturated carbocycles. The molecule has 3 nitrogen and oxygen atoms in total. The minimum absolute atomic E-state index is 0.689. The molecule has 0 radical (unpaired) electrons. The van der Waals surface area contributed by atoms with E-state index in [9.17, 15) is 0 Å². The molecule has 0 bridgehead atoms. The molecule has 0 atom stereocenters. The number of aromatic nitrogens is 1. The Hall–Kier alpha value is -1.45. The number of nitrogens with zero attached hydrogens (tertiary/aromatic N) is 2. The second-order valence-electron chi connectivity index (χ2n) is 4.87. The van der Waals surface area contributed by atoms with Gasteiger partial charge in [-0.05, 0) is 18.2 Å². The van der Waals surface area contributed by atoms with E-state index in [2.05, 4.69) is 46.4 Å². The minimum Gasteiger partial charge on any atom is -0.314 e. The lowest BCUT2D eigenvalue weighted by Crippen LogP contribution is -2.56. The van der Waals surface area contributed by atoms with Gasteiger partial charge in [0.05, 0.1) is 5.52 Å². The van der Waals surface area contributed by atoms with Gasteiger partial charge in [0.15, 0.2) is 0 Å². The molecule has 94 valence electrons. The number of likely N-dealkylation sites (N-methyl/N-ethyl adjacent to an activating group) is 1. The largest absolute Gasteiger partial charge is 0.314 e. The fourth-order valence-electron chi connectivity index (χ4n) is 2.54. The van der Waals surface area contributed by atoms with Gasteiger partial charge in [0, 0.05) is 37.3 Å². The molecule has 0 unspecified atom stereocenters. The standard InChI is InChI=1S/C15H19N3/c1-2-18(14-9-16-10-14)11-13-6-3-5-12-7-4-8-17-15(12)13/h3-8,14,16H,2,9-11H2,1H3. The van der Waals surface area contributed by atoms with Gasteiger partial charge in [-0.25, -0.2) is 0 Å². The molecule has 1 aromatic carbocycles. The Morgan fingerprint density at radius 2 is 2.11 bits per heavy atom.